The van der Waals surface area contributed by atoms with E-state index in [0.717, 1.165) is 23.1 Å². The third kappa shape index (κ3) is 3.02. The van der Waals surface area contributed by atoms with Crippen molar-refractivity contribution in [2.24, 2.45) is 0 Å². The fourth-order valence-corrected chi connectivity index (χ4v) is 2.84. The summed E-state index contributed by atoms with van der Waals surface area (Å²) in [5, 5.41) is 4.37. The van der Waals surface area contributed by atoms with Crippen LogP contribution in [0.5, 0.6) is 0 Å². The van der Waals surface area contributed by atoms with Gasteiger partial charge < -0.3 is 9.73 Å². The Labute approximate surface area is 118 Å². The Morgan fingerprint density at radius 1 is 1.26 bits per heavy atom. The highest BCUT2D eigenvalue weighted by Gasteiger charge is 2.29. The van der Waals surface area contributed by atoms with Crippen molar-refractivity contribution in [3.05, 3.63) is 58.5 Å². The Balaban J connectivity index is 1.48. The van der Waals surface area contributed by atoms with Gasteiger partial charge in [0.15, 0.2) is 0 Å². The lowest BCUT2D eigenvalue weighted by atomic mass is 9.76. The molecule has 1 aliphatic rings. The molecule has 1 fully saturated rings. The number of furan rings is 1. The molecule has 0 unspecified atom stereocenters. The molecule has 0 amide bonds. The van der Waals surface area contributed by atoms with Gasteiger partial charge in [0.1, 0.15) is 11.5 Å². The molecule has 3 heteroatoms. The lowest BCUT2D eigenvalue weighted by Crippen LogP contribution is -2.39. The second-order valence-electron chi connectivity index (χ2n) is 5.31. The zero-order valence-corrected chi connectivity index (χ0v) is 11.8. The van der Waals surface area contributed by atoms with E-state index in [0.29, 0.717) is 12.0 Å². The molecule has 1 saturated carbocycles. The van der Waals surface area contributed by atoms with Crippen LogP contribution >= 0.6 is 11.6 Å². The lowest BCUT2D eigenvalue weighted by molar-refractivity contribution is 0.281. The maximum atomic E-state index is 6.02. The molecule has 0 spiro atoms. The van der Waals surface area contributed by atoms with Crippen molar-refractivity contribution in [3.63, 3.8) is 0 Å². The van der Waals surface area contributed by atoms with Crippen LogP contribution in [0.25, 0.3) is 0 Å². The third-order valence-corrected chi connectivity index (χ3v) is 4.05. The second-order valence-corrected chi connectivity index (χ2v) is 5.75. The Morgan fingerprint density at radius 3 is 2.79 bits per heavy atom. The topological polar surface area (TPSA) is 25.2 Å². The predicted octanol–water partition coefficient (Wildman–Crippen LogP) is 4.28. The quantitative estimate of drug-likeness (QED) is 0.901. The van der Waals surface area contributed by atoms with E-state index in [-0.39, 0.29) is 0 Å². The molecule has 1 aliphatic carbocycles. The van der Waals surface area contributed by atoms with Crippen LogP contribution in [0.4, 0.5) is 0 Å². The van der Waals surface area contributed by atoms with Gasteiger partial charge in [0.2, 0.25) is 0 Å². The van der Waals surface area contributed by atoms with Crippen LogP contribution in [0.1, 0.15) is 35.8 Å². The van der Waals surface area contributed by atoms with Gasteiger partial charge in [-0.25, -0.2) is 0 Å². The van der Waals surface area contributed by atoms with Crippen molar-refractivity contribution in [2.45, 2.75) is 38.3 Å². The molecule has 0 saturated heterocycles. The minimum absolute atomic E-state index is 0.592. The van der Waals surface area contributed by atoms with Crippen LogP contribution in [0.3, 0.4) is 0 Å². The molecule has 2 nitrogen and oxygen atoms in total. The van der Waals surface area contributed by atoms with Crippen molar-refractivity contribution >= 4 is 11.6 Å². The fraction of sp³-hybridized carbons (Fsp3) is 0.375. The fourth-order valence-electron chi connectivity index (χ4n) is 2.64. The average molecular weight is 276 g/mol. The van der Waals surface area contributed by atoms with E-state index in [1.54, 1.807) is 0 Å². The van der Waals surface area contributed by atoms with E-state index in [2.05, 4.69) is 17.4 Å². The molecule has 2 aromatic rings. The standard InChI is InChI=1S/C16H18ClNO/c1-11-5-6-16(19-11)10-18-15-8-13(9-15)12-3-2-4-14(17)7-12/h2-7,13,15,18H,8-10H2,1H3. The first-order chi connectivity index (χ1) is 9.20. The number of hydrogen-bond donors (Lipinski definition) is 1. The monoisotopic (exact) mass is 275 g/mol. The summed E-state index contributed by atoms with van der Waals surface area (Å²) in [5.41, 5.74) is 1.36. The van der Waals surface area contributed by atoms with E-state index >= 15 is 0 Å². The van der Waals surface area contributed by atoms with Gasteiger partial charge in [0.25, 0.3) is 0 Å². The molecule has 1 N–H and O–H groups in total. The Kier molecular flexibility index (Phi) is 3.63. The van der Waals surface area contributed by atoms with E-state index in [9.17, 15) is 0 Å². The summed E-state index contributed by atoms with van der Waals surface area (Å²) >= 11 is 6.02. The number of rotatable bonds is 4. The molecule has 0 atom stereocenters. The van der Waals surface area contributed by atoms with Crippen LogP contribution in [0, 0.1) is 6.92 Å². The highest BCUT2D eigenvalue weighted by molar-refractivity contribution is 6.30. The van der Waals surface area contributed by atoms with Crippen LogP contribution in [0.2, 0.25) is 5.02 Å². The van der Waals surface area contributed by atoms with E-state index < -0.39 is 0 Å². The van der Waals surface area contributed by atoms with Gasteiger partial charge in [-0.2, -0.15) is 0 Å². The van der Waals surface area contributed by atoms with Crippen LogP contribution in [-0.4, -0.2) is 6.04 Å². The first-order valence-corrected chi connectivity index (χ1v) is 7.12. The van der Waals surface area contributed by atoms with Crippen LogP contribution in [-0.2, 0) is 6.54 Å². The van der Waals surface area contributed by atoms with Gasteiger partial charge >= 0.3 is 0 Å². The molecule has 19 heavy (non-hydrogen) atoms. The van der Waals surface area contributed by atoms with Crippen molar-refractivity contribution < 1.29 is 4.42 Å². The Morgan fingerprint density at radius 2 is 2.11 bits per heavy atom. The minimum Gasteiger partial charge on any atom is -0.465 e. The van der Waals surface area contributed by atoms with Crippen LogP contribution in [0.15, 0.2) is 40.8 Å². The molecule has 100 valence electrons. The predicted molar refractivity (Wildman–Crippen MR) is 77.5 cm³/mol. The molecule has 3 rings (SSSR count). The van der Waals surface area contributed by atoms with Crippen molar-refractivity contribution in [3.8, 4) is 0 Å². The smallest absolute Gasteiger partial charge is 0.117 e. The highest BCUT2D eigenvalue weighted by atomic mass is 35.5. The molecule has 0 aliphatic heterocycles. The van der Waals surface area contributed by atoms with Crippen molar-refractivity contribution in [1.29, 1.82) is 0 Å². The van der Waals surface area contributed by atoms with Gasteiger partial charge in [-0.15, -0.1) is 0 Å². The van der Waals surface area contributed by atoms with Gasteiger partial charge in [-0.05, 0) is 55.5 Å². The van der Waals surface area contributed by atoms with Gasteiger partial charge in [0.05, 0.1) is 6.54 Å². The summed E-state index contributed by atoms with van der Waals surface area (Å²) in [6.07, 6.45) is 2.36. The average Bonchev–Trinajstić information content (AvgIpc) is 2.73. The summed E-state index contributed by atoms with van der Waals surface area (Å²) < 4.78 is 5.55. The van der Waals surface area contributed by atoms with Gasteiger partial charge in [-0.1, -0.05) is 23.7 Å². The second kappa shape index (κ2) is 5.40. The van der Waals surface area contributed by atoms with E-state index in [4.69, 9.17) is 16.0 Å². The molecular weight excluding hydrogens is 258 g/mol. The van der Waals surface area contributed by atoms with Crippen molar-refractivity contribution in [1.82, 2.24) is 5.32 Å². The van der Waals surface area contributed by atoms with E-state index in [1.807, 2.05) is 31.2 Å². The first kappa shape index (κ1) is 12.8. The number of halogens is 1. The Bertz CT molecular complexity index is 557. The molecule has 1 aromatic carbocycles. The van der Waals surface area contributed by atoms with Gasteiger partial charge in [-0.3, -0.25) is 0 Å². The normalized spacial score (nSPS) is 22.2. The molecule has 0 radical (unpaired) electrons. The molecule has 0 bridgehead atoms. The summed E-state index contributed by atoms with van der Waals surface area (Å²) in [5.74, 6) is 2.64. The third-order valence-electron chi connectivity index (χ3n) is 3.82. The minimum atomic E-state index is 0.592. The van der Waals surface area contributed by atoms with Crippen molar-refractivity contribution in [2.75, 3.05) is 0 Å². The number of aryl methyl sites for hydroxylation is 1. The zero-order chi connectivity index (χ0) is 13.2. The number of hydrogen-bond acceptors (Lipinski definition) is 2. The highest BCUT2D eigenvalue weighted by Crippen LogP contribution is 2.37. The summed E-state index contributed by atoms with van der Waals surface area (Å²) in [7, 11) is 0. The zero-order valence-electron chi connectivity index (χ0n) is 11.0. The van der Waals surface area contributed by atoms with Gasteiger partial charge in [0, 0.05) is 11.1 Å². The van der Waals surface area contributed by atoms with E-state index in [1.165, 1.54) is 18.4 Å². The SMILES string of the molecule is Cc1ccc(CNC2CC(c3cccc(Cl)c3)C2)o1. The molecular formula is C16H18ClNO. The molecule has 1 aromatic heterocycles. The summed E-state index contributed by atoms with van der Waals surface area (Å²) in [6, 6.07) is 12.8. The maximum absolute atomic E-state index is 6.02. The largest absolute Gasteiger partial charge is 0.465 e. The summed E-state index contributed by atoms with van der Waals surface area (Å²) in [6.45, 7) is 2.79. The first-order valence-electron chi connectivity index (χ1n) is 6.75. The lowest BCUT2D eigenvalue weighted by Gasteiger charge is -2.36. The number of benzene rings is 1. The Hall–Kier alpha value is -1.25. The number of nitrogens with one attached hydrogen (secondary N) is 1. The molecule has 1 heterocycles. The van der Waals surface area contributed by atoms with Crippen LogP contribution < -0.4 is 5.32 Å². The maximum Gasteiger partial charge on any atom is 0.117 e. The summed E-state index contributed by atoms with van der Waals surface area (Å²) in [4.78, 5) is 0.